The van der Waals surface area contributed by atoms with Crippen molar-refractivity contribution in [1.82, 2.24) is 5.32 Å². The van der Waals surface area contributed by atoms with Crippen molar-refractivity contribution in [2.24, 2.45) is 0 Å². The van der Waals surface area contributed by atoms with E-state index >= 15 is 0 Å². The summed E-state index contributed by atoms with van der Waals surface area (Å²) in [5.41, 5.74) is 5.25. The molecule has 1 atom stereocenters. The molecule has 0 spiro atoms. The van der Waals surface area contributed by atoms with Crippen LogP contribution in [0.5, 0.6) is 0 Å². The predicted molar refractivity (Wildman–Crippen MR) is 147 cm³/mol. The van der Waals surface area contributed by atoms with Crippen LogP contribution >= 0.6 is 0 Å². The van der Waals surface area contributed by atoms with Gasteiger partial charge in [0.15, 0.2) is 0 Å². The Balaban J connectivity index is 1.20. The number of nitrogens with one attached hydrogen (secondary N) is 2. The number of aliphatic carboxylic acids is 1. The van der Waals surface area contributed by atoms with Crippen molar-refractivity contribution in [2.45, 2.75) is 23.3 Å². The molecule has 1 aliphatic carbocycles. The molecule has 0 fully saturated rings. The number of carbonyl (C=O) groups is 2. The first-order chi connectivity index (χ1) is 18.8. The molecule has 0 bridgehead atoms. The van der Waals surface area contributed by atoms with Gasteiger partial charge in [0.25, 0.3) is 10.0 Å². The third-order valence-electron chi connectivity index (χ3n) is 6.63. The van der Waals surface area contributed by atoms with E-state index in [1.165, 1.54) is 12.1 Å². The number of ether oxygens (including phenoxy) is 1. The number of amides is 1. The van der Waals surface area contributed by atoms with E-state index in [2.05, 4.69) is 10.0 Å². The van der Waals surface area contributed by atoms with Gasteiger partial charge >= 0.3 is 12.1 Å². The summed E-state index contributed by atoms with van der Waals surface area (Å²) in [5.74, 6) is -1.35. The van der Waals surface area contributed by atoms with Gasteiger partial charge in [-0.1, -0.05) is 78.9 Å². The zero-order valence-corrected chi connectivity index (χ0v) is 21.6. The fourth-order valence-corrected chi connectivity index (χ4v) is 5.82. The van der Waals surface area contributed by atoms with Crippen molar-refractivity contribution < 1.29 is 27.9 Å². The molecular formula is C30H26N2O6S. The second-order valence-electron chi connectivity index (χ2n) is 9.18. The lowest BCUT2D eigenvalue weighted by molar-refractivity contribution is -0.139. The third-order valence-corrected chi connectivity index (χ3v) is 8.03. The highest BCUT2D eigenvalue weighted by Gasteiger charge is 2.30. The first-order valence-corrected chi connectivity index (χ1v) is 13.8. The minimum atomic E-state index is -3.75. The van der Waals surface area contributed by atoms with Gasteiger partial charge in [-0.3, -0.25) is 4.72 Å². The van der Waals surface area contributed by atoms with Crippen molar-refractivity contribution in [3.63, 3.8) is 0 Å². The van der Waals surface area contributed by atoms with E-state index in [0.29, 0.717) is 11.3 Å². The van der Waals surface area contributed by atoms with Crippen LogP contribution in [0.4, 0.5) is 10.5 Å². The highest BCUT2D eigenvalue weighted by Crippen LogP contribution is 2.44. The summed E-state index contributed by atoms with van der Waals surface area (Å²) in [5, 5.41) is 12.1. The van der Waals surface area contributed by atoms with Gasteiger partial charge in [0.1, 0.15) is 12.6 Å². The van der Waals surface area contributed by atoms with Gasteiger partial charge in [0.05, 0.1) is 4.90 Å². The molecule has 198 valence electrons. The maximum atomic E-state index is 12.6. The molecule has 8 nitrogen and oxygen atoms in total. The molecule has 39 heavy (non-hydrogen) atoms. The van der Waals surface area contributed by atoms with Crippen LogP contribution in [0.2, 0.25) is 0 Å². The topological polar surface area (TPSA) is 122 Å². The summed E-state index contributed by atoms with van der Waals surface area (Å²) in [6.45, 7) is 0.0719. The van der Waals surface area contributed by atoms with E-state index in [9.17, 15) is 23.1 Å². The Morgan fingerprint density at radius 3 is 1.95 bits per heavy atom. The van der Waals surface area contributed by atoms with Gasteiger partial charge in [-0.25, -0.2) is 18.0 Å². The van der Waals surface area contributed by atoms with E-state index < -0.39 is 28.1 Å². The summed E-state index contributed by atoms with van der Waals surface area (Å²) < 4.78 is 33.0. The molecule has 0 heterocycles. The van der Waals surface area contributed by atoms with Gasteiger partial charge in [0.2, 0.25) is 0 Å². The molecular weight excluding hydrogens is 516 g/mol. The van der Waals surface area contributed by atoms with Crippen LogP contribution < -0.4 is 10.0 Å². The van der Waals surface area contributed by atoms with Crippen LogP contribution in [0.15, 0.2) is 108 Å². The highest BCUT2D eigenvalue weighted by atomic mass is 32.2. The average Bonchev–Trinajstić information content (AvgIpc) is 3.26. The molecule has 0 aliphatic heterocycles. The molecule has 1 amide bonds. The number of rotatable bonds is 9. The Kier molecular flexibility index (Phi) is 7.33. The van der Waals surface area contributed by atoms with E-state index in [1.54, 1.807) is 42.5 Å². The number of hydrogen-bond acceptors (Lipinski definition) is 5. The van der Waals surface area contributed by atoms with Gasteiger partial charge in [-0.2, -0.15) is 0 Å². The lowest BCUT2D eigenvalue weighted by Crippen LogP contribution is -2.42. The van der Waals surface area contributed by atoms with Crippen molar-refractivity contribution in [1.29, 1.82) is 0 Å². The van der Waals surface area contributed by atoms with Crippen LogP contribution in [0, 0.1) is 0 Å². The summed E-state index contributed by atoms with van der Waals surface area (Å²) in [6, 6.07) is 28.9. The van der Waals surface area contributed by atoms with Crippen molar-refractivity contribution >= 4 is 27.8 Å². The maximum absolute atomic E-state index is 12.6. The van der Waals surface area contributed by atoms with E-state index in [4.69, 9.17) is 4.74 Å². The van der Waals surface area contributed by atoms with Crippen molar-refractivity contribution in [2.75, 3.05) is 11.3 Å². The quantitative estimate of drug-likeness (QED) is 0.273. The molecule has 0 radical (unpaired) electrons. The van der Waals surface area contributed by atoms with Crippen LogP contribution in [-0.2, 0) is 26.0 Å². The van der Waals surface area contributed by atoms with E-state index in [-0.39, 0.29) is 23.8 Å². The number of carbonyl (C=O) groups excluding carboxylic acids is 1. The number of carboxylic acid groups (broad SMARTS) is 1. The molecule has 0 aromatic heterocycles. The molecule has 3 N–H and O–H groups in total. The fourth-order valence-electron chi connectivity index (χ4n) is 4.74. The molecule has 4 aromatic carbocycles. The van der Waals surface area contributed by atoms with Crippen molar-refractivity contribution in [3.8, 4) is 11.1 Å². The average molecular weight is 543 g/mol. The number of carboxylic acids is 1. The second-order valence-corrected chi connectivity index (χ2v) is 10.9. The first kappa shape index (κ1) is 26.0. The summed E-state index contributed by atoms with van der Waals surface area (Å²) in [7, 11) is -3.75. The highest BCUT2D eigenvalue weighted by molar-refractivity contribution is 7.92. The molecule has 9 heteroatoms. The third kappa shape index (κ3) is 5.78. The monoisotopic (exact) mass is 542 g/mol. The zero-order valence-electron chi connectivity index (χ0n) is 20.8. The fraction of sp³-hybridized carbons (Fsp3) is 0.133. The van der Waals surface area contributed by atoms with Crippen LogP contribution in [0.1, 0.15) is 22.6 Å². The number of alkyl carbamates (subject to hydrolysis) is 1. The minimum absolute atomic E-state index is 0.00869. The maximum Gasteiger partial charge on any atom is 0.407 e. The normalized spacial score (nSPS) is 13.1. The van der Waals surface area contributed by atoms with E-state index in [0.717, 1.165) is 22.3 Å². The Labute approximate surface area is 226 Å². The minimum Gasteiger partial charge on any atom is -0.480 e. The Morgan fingerprint density at radius 1 is 0.795 bits per heavy atom. The Morgan fingerprint density at radius 2 is 1.36 bits per heavy atom. The number of hydrogen-bond donors (Lipinski definition) is 3. The lowest BCUT2D eigenvalue weighted by atomic mass is 9.98. The molecule has 0 saturated heterocycles. The van der Waals surface area contributed by atoms with E-state index in [1.807, 2.05) is 48.5 Å². The number of benzene rings is 4. The Bertz CT molecular complexity index is 1560. The zero-order chi connectivity index (χ0) is 27.4. The van der Waals surface area contributed by atoms with Crippen LogP contribution in [0.25, 0.3) is 11.1 Å². The molecule has 0 unspecified atom stereocenters. The van der Waals surface area contributed by atoms with Gasteiger partial charge in [-0.05, 0) is 52.1 Å². The number of anilines is 1. The molecule has 4 aromatic rings. The number of fused-ring (bicyclic) bond motifs is 3. The Hall–Kier alpha value is -4.63. The summed E-state index contributed by atoms with van der Waals surface area (Å²) >= 11 is 0. The SMILES string of the molecule is O=C(N[C@H](Cc1ccc(NS(=O)(=O)c2ccccc2)cc1)C(=O)O)OCC1c2ccccc2-c2ccccc21. The van der Waals surface area contributed by atoms with Crippen LogP contribution in [0.3, 0.4) is 0 Å². The van der Waals surface area contributed by atoms with Crippen molar-refractivity contribution in [3.05, 3.63) is 120 Å². The van der Waals surface area contributed by atoms with Gasteiger partial charge in [-0.15, -0.1) is 0 Å². The number of sulfonamides is 1. The molecule has 5 rings (SSSR count). The smallest absolute Gasteiger partial charge is 0.407 e. The summed E-state index contributed by atoms with van der Waals surface area (Å²) in [4.78, 5) is 24.6. The predicted octanol–water partition coefficient (Wildman–Crippen LogP) is 5.02. The van der Waals surface area contributed by atoms with Crippen LogP contribution in [-0.4, -0.2) is 38.2 Å². The molecule has 1 aliphatic rings. The first-order valence-electron chi connectivity index (χ1n) is 12.3. The summed E-state index contributed by atoms with van der Waals surface area (Å²) in [6.07, 6.45) is -0.831. The van der Waals surface area contributed by atoms with Gasteiger partial charge in [0, 0.05) is 18.0 Å². The standard InChI is InChI=1S/C30H26N2O6S/c33-29(34)28(18-20-14-16-21(17-15-20)32-39(36,37)22-8-2-1-3-9-22)31-30(35)38-19-27-25-12-6-4-10-23(25)24-11-5-7-13-26(24)27/h1-17,27-28,32H,18-19H2,(H,31,35)(H,33,34)/t28-/m1/s1. The lowest BCUT2D eigenvalue weighted by Gasteiger charge is -2.18. The second kappa shape index (κ2) is 11.0. The molecule has 0 saturated carbocycles. The largest absolute Gasteiger partial charge is 0.480 e. The van der Waals surface area contributed by atoms with Gasteiger partial charge < -0.3 is 15.2 Å².